The molecule has 0 N–H and O–H groups in total. The lowest BCUT2D eigenvalue weighted by Crippen LogP contribution is -2.09. The van der Waals surface area contributed by atoms with Crippen LogP contribution in [-0.4, -0.2) is 0 Å². The minimum atomic E-state index is 1.16. The van der Waals surface area contributed by atoms with Crippen LogP contribution in [0.5, 0.6) is 0 Å². The standard InChI is InChI=1S/C34H21NS2/c1-3-10-23(11-4-1)35(24-12-5-2-6-13-24)25-16-17-27-31(21-25)36-30-20-18-28-32-26-14-8-7-9-22(26)15-19-29(32)37-34(28)33(27)30/h1-21H. The van der Waals surface area contributed by atoms with E-state index in [4.69, 9.17) is 0 Å². The van der Waals surface area contributed by atoms with Gasteiger partial charge in [-0.25, -0.2) is 0 Å². The van der Waals surface area contributed by atoms with Gasteiger partial charge in [-0.15, -0.1) is 22.7 Å². The van der Waals surface area contributed by atoms with E-state index in [1.807, 2.05) is 22.7 Å². The molecule has 0 atom stereocenters. The molecule has 0 saturated carbocycles. The third-order valence-electron chi connectivity index (χ3n) is 7.23. The summed E-state index contributed by atoms with van der Waals surface area (Å²) in [6, 6.07) is 46.1. The zero-order chi connectivity index (χ0) is 24.3. The Bertz CT molecular complexity index is 2050. The zero-order valence-electron chi connectivity index (χ0n) is 19.9. The lowest BCUT2D eigenvalue weighted by molar-refractivity contribution is 1.29. The topological polar surface area (TPSA) is 3.24 Å². The molecule has 1 nitrogen and oxygen atoms in total. The van der Waals surface area contributed by atoms with E-state index in [-0.39, 0.29) is 0 Å². The SMILES string of the molecule is c1ccc(N(c2ccccc2)c2ccc3c(c2)sc2ccc4c(sc5ccc6ccccc6c54)c23)cc1. The van der Waals surface area contributed by atoms with Crippen molar-refractivity contribution in [3.8, 4) is 0 Å². The Morgan fingerprint density at radius 1 is 0.405 bits per heavy atom. The Hall–Kier alpha value is -4.18. The molecule has 0 spiro atoms. The van der Waals surface area contributed by atoms with Gasteiger partial charge in [-0.2, -0.15) is 0 Å². The van der Waals surface area contributed by atoms with Gasteiger partial charge in [-0.1, -0.05) is 78.9 Å². The van der Waals surface area contributed by atoms with E-state index >= 15 is 0 Å². The summed E-state index contributed by atoms with van der Waals surface area (Å²) in [5, 5.41) is 8.12. The normalized spacial score (nSPS) is 11.8. The molecular weight excluding hydrogens is 487 g/mol. The maximum Gasteiger partial charge on any atom is 0.0476 e. The van der Waals surface area contributed by atoms with Crippen LogP contribution in [-0.2, 0) is 0 Å². The van der Waals surface area contributed by atoms with Gasteiger partial charge in [0, 0.05) is 57.4 Å². The van der Waals surface area contributed by atoms with Crippen molar-refractivity contribution in [3.63, 3.8) is 0 Å². The average molecular weight is 508 g/mol. The lowest BCUT2D eigenvalue weighted by atomic mass is 10.0. The number of para-hydroxylation sites is 2. The number of hydrogen-bond acceptors (Lipinski definition) is 3. The summed E-state index contributed by atoms with van der Waals surface area (Å²) < 4.78 is 5.42. The second kappa shape index (κ2) is 8.17. The van der Waals surface area contributed by atoms with Crippen LogP contribution in [0.25, 0.3) is 51.1 Å². The van der Waals surface area contributed by atoms with Crippen molar-refractivity contribution in [1.29, 1.82) is 0 Å². The largest absolute Gasteiger partial charge is 0.310 e. The molecule has 0 unspecified atom stereocenters. The van der Waals surface area contributed by atoms with Crippen LogP contribution in [0.15, 0.2) is 127 Å². The molecule has 174 valence electrons. The van der Waals surface area contributed by atoms with Gasteiger partial charge in [0.05, 0.1) is 0 Å². The third kappa shape index (κ3) is 3.21. The highest BCUT2D eigenvalue weighted by atomic mass is 32.1. The molecule has 3 heteroatoms. The highest BCUT2D eigenvalue weighted by Gasteiger charge is 2.17. The van der Waals surface area contributed by atoms with Gasteiger partial charge >= 0.3 is 0 Å². The Labute approximate surface area is 222 Å². The first-order valence-corrected chi connectivity index (χ1v) is 14.1. The summed E-state index contributed by atoms with van der Waals surface area (Å²) in [5.74, 6) is 0. The molecule has 0 aliphatic heterocycles. The number of hydrogen-bond donors (Lipinski definition) is 0. The van der Waals surface area contributed by atoms with E-state index in [2.05, 4.69) is 132 Å². The highest BCUT2D eigenvalue weighted by molar-refractivity contribution is 7.29. The Balaban J connectivity index is 1.38. The molecule has 0 fully saturated rings. The Morgan fingerprint density at radius 3 is 1.84 bits per heavy atom. The van der Waals surface area contributed by atoms with Crippen LogP contribution in [0, 0.1) is 0 Å². The predicted octanol–water partition coefficient (Wildman–Crippen LogP) is 11.0. The molecule has 0 bridgehead atoms. The minimum absolute atomic E-state index is 1.16. The van der Waals surface area contributed by atoms with E-state index in [9.17, 15) is 0 Å². The first-order valence-electron chi connectivity index (χ1n) is 12.4. The van der Waals surface area contributed by atoms with E-state index in [1.54, 1.807) is 0 Å². The van der Waals surface area contributed by atoms with E-state index in [0.717, 1.165) is 11.4 Å². The smallest absolute Gasteiger partial charge is 0.0476 e. The monoisotopic (exact) mass is 507 g/mol. The average Bonchev–Trinajstić information content (AvgIpc) is 3.52. The summed E-state index contributed by atoms with van der Waals surface area (Å²) in [6.45, 7) is 0. The Kier molecular flexibility index (Phi) is 4.63. The number of rotatable bonds is 3. The summed E-state index contributed by atoms with van der Waals surface area (Å²) in [4.78, 5) is 2.34. The van der Waals surface area contributed by atoms with E-state index < -0.39 is 0 Å². The number of thiophene rings is 2. The molecule has 0 aliphatic carbocycles. The van der Waals surface area contributed by atoms with Gasteiger partial charge in [0.15, 0.2) is 0 Å². The number of benzene rings is 6. The zero-order valence-corrected chi connectivity index (χ0v) is 21.5. The fourth-order valence-electron chi connectivity index (χ4n) is 5.59. The van der Waals surface area contributed by atoms with Crippen molar-refractivity contribution in [1.82, 2.24) is 0 Å². The third-order valence-corrected chi connectivity index (χ3v) is 9.54. The molecule has 0 amide bonds. The molecule has 0 aliphatic rings. The number of anilines is 3. The van der Waals surface area contributed by atoms with Crippen molar-refractivity contribution in [2.45, 2.75) is 0 Å². The second-order valence-corrected chi connectivity index (χ2v) is 11.5. The second-order valence-electron chi connectivity index (χ2n) is 9.37. The predicted molar refractivity (Wildman–Crippen MR) is 164 cm³/mol. The molecule has 2 heterocycles. The molecular formula is C34H21NS2. The van der Waals surface area contributed by atoms with Crippen LogP contribution in [0.4, 0.5) is 17.1 Å². The van der Waals surface area contributed by atoms with Crippen LogP contribution < -0.4 is 4.90 Å². The van der Waals surface area contributed by atoms with Gasteiger partial charge in [-0.05, 0) is 59.3 Å². The molecule has 37 heavy (non-hydrogen) atoms. The van der Waals surface area contributed by atoms with E-state index in [0.29, 0.717) is 0 Å². The number of fused-ring (bicyclic) bond motifs is 9. The summed E-state index contributed by atoms with van der Waals surface area (Å²) >= 11 is 3.82. The molecule has 2 aromatic heterocycles. The summed E-state index contributed by atoms with van der Waals surface area (Å²) in [7, 11) is 0. The fourth-order valence-corrected chi connectivity index (χ4v) is 8.08. The van der Waals surface area contributed by atoms with Gasteiger partial charge in [-0.3, -0.25) is 0 Å². The minimum Gasteiger partial charge on any atom is -0.310 e. The van der Waals surface area contributed by atoms with Gasteiger partial charge in [0.25, 0.3) is 0 Å². The molecule has 8 rings (SSSR count). The van der Waals surface area contributed by atoms with Gasteiger partial charge < -0.3 is 4.90 Å². The van der Waals surface area contributed by atoms with Crippen LogP contribution in [0.1, 0.15) is 0 Å². The molecule has 0 saturated heterocycles. The van der Waals surface area contributed by atoms with E-state index in [1.165, 1.54) is 56.8 Å². The highest BCUT2D eigenvalue weighted by Crippen LogP contribution is 2.47. The molecule has 6 aromatic carbocycles. The molecule has 8 aromatic rings. The fraction of sp³-hybridized carbons (Fsp3) is 0. The summed E-state index contributed by atoms with van der Waals surface area (Å²) in [5.41, 5.74) is 3.50. The number of nitrogens with zero attached hydrogens (tertiary/aromatic N) is 1. The van der Waals surface area contributed by atoms with Crippen molar-refractivity contribution >= 4 is 90.9 Å². The summed E-state index contributed by atoms with van der Waals surface area (Å²) in [6.07, 6.45) is 0. The first-order chi connectivity index (χ1) is 18.3. The lowest BCUT2D eigenvalue weighted by Gasteiger charge is -2.25. The van der Waals surface area contributed by atoms with Gasteiger partial charge in [0.1, 0.15) is 0 Å². The first kappa shape index (κ1) is 21.0. The maximum atomic E-state index is 2.36. The van der Waals surface area contributed by atoms with Crippen molar-refractivity contribution in [2.75, 3.05) is 4.90 Å². The van der Waals surface area contributed by atoms with Gasteiger partial charge in [0.2, 0.25) is 0 Å². The van der Waals surface area contributed by atoms with Crippen LogP contribution >= 0.6 is 22.7 Å². The van der Waals surface area contributed by atoms with Crippen molar-refractivity contribution in [2.24, 2.45) is 0 Å². The Morgan fingerprint density at radius 2 is 1.05 bits per heavy atom. The van der Waals surface area contributed by atoms with Crippen molar-refractivity contribution < 1.29 is 0 Å². The maximum absolute atomic E-state index is 2.36. The van der Waals surface area contributed by atoms with Crippen LogP contribution in [0.3, 0.4) is 0 Å². The van der Waals surface area contributed by atoms with Crippen molar-refractivity contribution in [3.05, 3.63) is 127 Å². The van der Waals surface area contributed by atoms with Crippen LogP contribution in [0.2, 0.25) is 0 Å². The molecule has 0 radical (unpaired) electrons. The quantitative estimate of drug-likeness (QED) is 0.230.